The third-order valence-electron chi connectivity index (χ3n) is 4.79. The lowest BCUT2D eigenvalue weighted by Crippen LogP contribution is -2.29. The number of thioether (sulfide) groups is 1. The van der Waals surface area contributed by atoms with Crippen LogP contribution < -0.4 is 14.8 Å². The average Bonchev–Trinajstić information content (AvgIpc) is 3.33. The Kier molecular flexibility index (Phi) is 6.42. The summed E-state index contributed by atoms with van der Waals surface area (Å²) in [4.78, 5) is 38.2. The lowest BCUT2D eigenvalue weighted by atomic mass is 10.1. The number of carbonyl (C=O) groups excluding carboxylic acids is 2. The molecule has 2 aromatic carbocycles. The molecule has 0 unspecified atom stereocenters. The van der Waals surface area contributed by atoms with E-state index in [1.807, 2.05) is 6.07 Å². The zero-order valence-electron chi connectivity index (χ0n) is 16.7. The van der Waals surface area contributed by atoms with Crippen molar-refractivity contribution in [3.05, 3.63) is 58.5 Å². The first-order chi connectivity index (χ1) is 15.4. The molecule has 32 heavy (non-hydrogen) atoms. The number of aromatic carboxylic acids is 1. The van der Waals surface area contributed by atoms with Gasteiger partial charge in [-0.3, -0.25) is 14.5 Å². The Hall–Kier alpha value is -3.37. The fourth-order valence-electron chi connectivity index (χ4n) is 3.24. The van der Waals surface area contributed by atoms with Gasteiger partial charge in [0, 0.05) is 13.0 Å². The molecule has 0 spiro atoms. The van der Waals surface area contributed by atoms with Crippen molar-refractivity contribution in [1.82, 2.24) is 4.90 Å². The second-order valence-electron chi connectivity index (χ2n) is 6.95. The molecule has 0 radical (unpaired) electrons. The van der Waals surface area contributed by atoms with Gasteiger partial charge >= 0.3 is 5.97 Å². The van der Waals surface area contributed by atoms with Gasteiger partial charge in [-0.2, -0.15) is 0 Å². The van der Waals surface area contributed by atoms with Gasteiger partial charge in [-0.15, -0.1) is 0 Å². The first kappa shape index (κ1) is 21.8. The van der Waals surface area contributed by atoms with Crippen molar-refractivity contribution in [1.29, 1.82) is 0 Å². The van der Waals surface area contributed by atoms with E-state index in [4.69, 9.17) is 21.7 Å². The number of carbonyl (C=O) groups is 3. The van der Waals surface area contributed by atoms with Gasteiger partial charge in [0.05, 0.1) is 16.2 Å². The molecular formula is C22H18N2O6S2. The molecule has 4 rings (SSSR count). The average molecular weight is 471 g/mol. The lowest BCUT2D eigenvalue weighted by molar-refractivity contribution is -0.122. The maximum atomic E-state index is 12.8. The van der Waals surface area contributed by atoms with Crippen LogP contribution in [-0.4, -0.2) is 45.4 Å². The minimum Gasteiger partial charge on any atom is -0.478 e. The third-order valence-corrected chi connectivity index (χ3v) is 6.16. The standard InChI is InChI=1S/C22H18N2O6S2/c25-19(23-15-5-2-1-4-14(15)21(27)28)6-3-9-24-20(26)18(32-22(24)31)11-13-7-8-16-17(10-13)30-12-29-16/h1-2,4-5,7-8,10-11H,3,6,9,12H2,(H,23,25)(H,27,28)/b18-11-. The SMILES string of the molecule is O=C(CCCN1C(=O)/C(=C/c2ccc3c(c2)OCO3)SC1=S)Nc1ccccc1C(=O)O. The van der Waals surface area contributed by atoms with Gasteiger partial charge < -0.3 is 19.9 Å². The number of para-hydroxylation sites is 1. The van der Waals surface area contributed by atoms with Crippen LogP contribution in [0.3, 0.4) is 0 Å². The summed E-state index contributed by atoms with van der Waals surface area (Å²) < 4.78 is 11.1. The number of nitrogens with zero attached hydrogens (tertiary/aromatic N) is 1. The van der Waals surface area contributed by atoms with Crippen molar-refractivity contribution >= 4 is 57.8 Å². The molecule has 2 heterocycles. The zero-order valence-corrected chi connectivity index (χ0v) is 18.3. The van der Waals surface area contributed by atoms with E-state index in [0.717, 1.165) is 5.56 Å². The van der Waals surface area contributed by atoms with Gasteiger partial charge in [-0.25, -0.2) is 4.79 Å². The summed E-state index contributed by atoms with van der Waals surface area (Å²) in [5.74, 6) is -0.370. The van der Waals surface area contributed by atoms with Crippen molar-refractivity contribution in [2.24, 2.45) is 0 Å². The largest absolute Gasteiger partial charge is 0.478 e. The Morgan fingerprint density at radius 1 is 1.19 bits per heavy atom. The second kappa shape index (κ2) is 9.41. The van der Waals surface area contributed by atoms with E-state index in [2.05, 4.69) is 5.32 Å². The van der Waals surface area contributed by atoms with Crippen molar-refractivity contribution in [2.75, 3.05) is 18.7 Å². The number of carboxylic acids is 1. The number of hydrogen-bond acceptors (Lipinski definition) is 7. The fraction of sp³-hybridized carbons (Fsp3) is 0.182. The summed E-state index contributed by atoms with van der Waals surface area (Å²) in [7, 11) is 0. The predicted molar refractivity (Wildman–Crippen MR) is 124 cm³/mol. The van der Waals surface area contributed by atoms with Crippen molar-refractivity contribution in [2.45, 2.75) is 12.8 Å². The highest BCUT2D eigenvalue weighted by Crippen LogP contribution is 2.36. The van der Waals surface area contributed by atoms with E-state index in [1.165, 1.54) is 28.8 Å². The molecule has 2 amide bonds. The molecule has 0 saturated carbocycles. The number of thiocarbonyl (C=S) groups is 1. The topological polar surface area (TPSA) is 105 Å². The van der Waals surface area contributed by atoms with E-state index in [-0.39, 0.29) is 42.8 Å². The van der Waals surface area contributed by atoms with Crippen LogP contribution in [0.4, 0.5) is 5.69 Å². The van der Waals surface area contributed by atoms with Gasteiger partial charge in [0.25, 0.3) is 5.91 Å². The Balaban J connectivity index is 1.33. The Bertz CT molecular complexity index is 1150. The van der Waals surface area contributed by atoms with E-state index < -0.39 is 5.97 Å². The molecule has 0 bridgehead atoms. The molecule has 1 saturated heterocycles. The quantitative estimate of drug-likeness (QED) is 0.466. The number of rotatable bonds is 7. The van der Waals surface area contributed by atoms with Gasteiger partial charge in [0.1, 0.15) is 4.32 Å². The maximum Gasteiger partial charge on any atom is 0.337 e. The summed E-state index contributed by atoms with van der Waals surface area (Å²) in [6.45, 7) is 0.466. The van der Waals surface area contributed by atoms with Crippen molar-refractivity contribution in [3.8, 4) is 11.5 Å². The second-order valence-corrected chi connectivity index (χ2v) is 8.62. The highest BCUT2D eigenvalue weighted by molar-refractivity contribution is 8.26. The molecule has 164 valence electrons. The maximum absolute atomic E-state index is 12.8. The Morgan fingerprint density at radius 2 is 1.97 bits per heavy atom. The summed E-state index contributed by atoms with van der Waals surface area (Å²) >= 11 is 6.54. The van der Waals surface area contributed by atoms with E-state index in [9.17, 15) is 19.5 Å². The van der Waals surface area contributed by atoms with Crippen LogP contribution in [0.25, 0.3) is 6.08 Å². The molecule has 2 aromatic rings. The van der Waals surface area contributed by atoms with Crippen LogP contribution in [-0.2, 0) is 9.59 Å². The smallest absolute Gasteiger partial charge is 0.337 e. The number of fused-ring (bicyclic) bond motifs is 1. The molecule has 0 aromatic heterocycles. The number of anilines is 1. The molecule has 10 heteroatoms. The normalized spacial score (nSPS) is 16.0. The van der Waals surface area contributed by atoms with Crippen LogP contribution >= 0.6 is 24.0 Å². The molecular weight excluding hydrogens is 452 g/mol. The van der Waals surface area contributed by atoms with Gasteiger partial charge in [0.2, 0.25) is 12.7 Å². The Morgan fingerprint density at radius 3 is 2.78 bits per heavy atom. The fourth-order valence-corrected chi connectivity index (χ4v) is 4.54. The monoisotopic (exact) mass is 470 g/mol. The number of amides is 2. The number of carboxylic acid groups (broad SMARTS) is 1. The van der Waals surface area contributed by atoms with Gasteiger partial charge in [0.15, 0.2) is 11.5 Å². The molecule has 2 N–H and O–H groups in total. The molecule has 0 aliphatic carbocycles. The summed E-state index contributed by atoms with van der Waals surface area (Å²) in [6, 6.07) is 11.6. The van der Waals surface area contributed by atoms with Gasteiger partial charge in [-0.05, 0) is 42.3 Å². The highest BCUT2D eigenvalue weighted by atomic mass is 32.2. The van der Waals surface area contributed by atoms with E-state index >= 15 is 0 Å². The highest BCUT2D eigenvalue weighted by Gasteiger charge is 2.31. The van der Waals surface area contributed by atoms with Crippen LogP contribution in [0.2, 0.25) is 0 Å². The minimum atomic E-state index is -1.12. The van der Waals surface area contributed by atoms with Crippen molar-refractivity contribution < 1.29 is 29.0 Å². The molecule has 0 atom stereocenters. The zero-order chi connectivity index (χ0) is 22.7. The first-order valence-corrected chi connectivity index (χ1v) is 10.9. The predicted octanol–water partition coefficient (Wildman–Crippen LogP) is 3.73. The number of ether oxygens (including phenoxy) is 2. The van der Waals surface area contributed by atoms with Crippen molar-refractivity contribution in [3.63, 3.8) is 0 Å². The van der Waals surface area contributed by atoms with Crippen LogP contribution in [0.15, 0.2) is 47.4 Å². The van der Waals surface area contributed by atoms with Crippen LogP contribution in [0.1, 0.15) is 28.8 Å². The number of nitrogens with one attached hydrogen (secondary N) is 1. The lowest BCUT2D eigenvalue weighted by Gasteiger charge is -2.14. The molecule has 8 nitrogen and oxygen atoms in total. The number of benzene rings is 2. The Labute approximate surface area is 193 Å². The summed E-state index contributed by atoms with van der Waals surface area (Å²) in [5.41, 5.74) is 1.06. The number of hydrogen-bond donors (Lipinski definition) is 2. The molecule has 2 aliphatic rings. The first-order valence-electron chi connectivity index (χ1n) is 9.69. The van der Waals surface area contributed by atoms with Crippen LogP contribution in [0.5, 0.6) is 11.5 Å². The summed E-state index contributed by atoms with van der Waals surface area (Å²) in [6.07, 6.45) is 2.24. The van der Waals surface area contributed by atoms with E-state index in [0.29, 0.717) is 27.1 Å². The minimum absolute atomic E-state index is 0.0199. The third kappa shape index (κ3) is 4.76. The van der Waals surface area contributed by atoms with Gasteiger partial charge in [-0.1, -0.05) is 42.2 Å². The van der Waals surface area contributed by atoms with E-state index in [1.54, 1.807) is 30.3 Å². The molecule has 2 aliphatic heterocycles. The summed E-state index contributed by atoms with van der Waals surface area (Å²) in [5, 5.41) is 11.8. The molecule has 1 fully saturated rings. The van der Waals surface area contributed by atoms with Crippen LogP contribution in [0, 0.1) is 0 Å².